The molecule has 1 N–H and O–H groups in total. The first-order chi connectivity index (χ1) is 19.5. The fourth-order valence-corrected chi connectivity index (χ4v) is 7.74. The molecule has 0 unspecified atom stereocenters. The van der Waals surface area contributed by atoms with Crippen LogP contribution in [0.25, 0.3) is 0 Å². The Bertz CT molecular complexity index is 1730. The molecule has 0 radical (unpaired) electrons. The Morgan fingerprint density at radius 1 is 1.00 bits per heavy atom. The minimum atomic E-state index is -4.69. The Morgan fingerprint density at radius 3 is 2.44 bits per heavy atom. The molecule has 4 aromatic rings. The first-order valence-electron chi connectivity index (χ1n) is 12.1. The molecule has 2 aromatic heterocycles. The van der Waals surface area contributed by atoms with Crippen molar-refractivity contribution in [3.8, 4) is 0 Å². The maximum Gasteiger partial charge on any atom is 0.416 e. The number of thioether (sulfide) groups is 1. The molecule has 0 saturated carbocycles. The van der Waals surface area contributed by atoms with Crippen molar-refractivity contribution in [2.24, 2.45) is 5.92 Å². The fourth-order valence-electron chi connectivity index (χ4n) is 4.98. The molecule has 6 rings (SSSR count). The number of nitrogens with zero attached hydrogens (tertiary/aromatic N) is 2. The van der Waals surface area contributed by atoms with Crippen LogP contribution < -0.4 is 15.1 Å². The predicted molar refractivity (Wildman–Crippen MR) is 141 cm³/mol. The molecule has 8 nitrogen and oxygen atoms in total. The molecule has 2 aliphatic heterocycles. The lowest BCUT2D eigenvalue weighted by Gasteiger charge is -2.29. The van der Waals surface area contributed by atoms with Crippen LogP contribution >= 0.6 is 23.1 Å². The van der Waals surface area contributed by atoms with Crippen molar-refractivity contribution in [3.05, 3.63) is 98.6 Å². The van der Waals surface area contributed by atoms with Gasteiger partial charge in [-0.15, -0.1) is 0 Å². The number of rotatable bonds is 5. The van der Waals surface area contributed by atoms with Gasteiger partial charge in [0.25, 0.3) is 0 Å². The summed E-state index contributed by atoms with van der Waals surface area (Å²) in [5.74, 6) is -4.21. The molecule has 4 heterocycles. The van der Waals surface area contributed by atoms with E-state index in [0.717, 1.165) is 58.3 Å². The molecule has 0 spiro atoms. The van der Waals surface area contributed by atoms with Crippen LogP contribution in [0, 0.1) is 11.7 Å². The molecule has 14 heteroatoms. The third-order valence-electron chi connectivity index (χ3n) is 6.76. The number of hydrogen-bond donors (Lipinski definition) is 1. The van der Waals surface area contributed by atoms with E-state index in [1.807, 2.05) is 0 Å². The number of carbonyl (C=O) groups excluding carboxylic acids is 3. The van der Waals surface area contributed by atoms with E-state index in [1.54, 1.807) is 12.1 Å². The zero-order chi connectivity index (χ0) is 29.1. The number of benzene rings is 2. The van der Waals surface area contributed by atoms with E-state index in [4.69, 9.17) is 4.42 Å². The van der Waals surface area contributed by atoms with Gasteiger partial charge in [0, 0.05) is 5.69 Å². The summed E-state index contributed by atoms with van der Waals surface area (Å²) in [5, 5.41) is 1.76. The number of halogens is 4. The molecule has 41 heavy (non-hydrogen) atoms. The summed E-state index contributed by atoms with van der Waals surface area (Å²) in [4.78, 5) is 53.9. The second-order valence-corrected chi connectivity index (χ2v) is 11.4. The van der Waals surface area contributed by atoms with Crippen molar-refractivity contribution in [2.45, 2.75) is 28.9 Å². The lowest BCUT2D eigenvalue weighted by atomic mass is 9.87. The third kappa shape index (κ3) is 4.76. The number of imide groups is 1. The summed E-state index contributed by atoms with van der Waals surface area (Å²) in [6.07, 6.45) is -3.32. The van der Waals surface area contributed by atoms with Crippen molar-refractivity contribution in [3.63, 3.8) is 0 Å². The molecule has 2 aromatic carbocycles. The highest BCUT2D eigenvalue weighted by Gasteiger charge is 2.57. The molecule has 1 fully saturated rings. The third-order valence-corrected chi connectivity index (χ3v) is 9.36. The molecular weight excluding hydrogens is 586 g/mol. The standard InChI is InChI=1S/C27H17F4N3O5S2/c28-14-6-8-15(9-7-14)32-18(35)12-33-25-22(41-26(33)38)19(17-5-2-10-39-17)20-21(40-25)24(37)34(23(20)36)16-4-1-3-13(11-16)27(29,30)31/h1-11,19-21H,12H2,(H,32,35)/t19-,20-,21+/m0/s1. The van der Waals surface area contributed by atoms with Crippen LogP contribution in [0.3, 0.4) is 0 Å². The number of amides is 3. The smallest absolute Gasteiger partial charge is 0.416 e. The summed E-state index contributed by atoms with van der Waals surface area (Å²) >= 11 is 1.71. The Morgan fingerprint density at radius 2 is 1.76 bits per heavy atom. The molecule has 0 bridgehead atoms. The quantitative estimate of drug-likeness (QED) is 0.252. The van der Waals surface area contributed by atoms with E-state index in [2.05, 4.69) is 5.32 Å². The zero-order valence-corrected chi connectivity index (χ0v) is 22.2. The summed E-state index contributed by atoms with van der Waals surface area (Å²) in [6.45, 7) is -0.434. The average molecular weight is 604 g/mol. The molecule has 0 aliphatic carbocycles. The molecule has 2 aliphatic rings. The van der Waals surface area contributed by atoms with Gasteiger partial charge in [0.2, 0.25) is 17.7 Å². The van der Waals surface area contributed by atoms with Gasteiger partial charge in [0.05, 0.1) is 39.3 Å². The van der Waals surface area contributed by atoms with Crippen LogP contribution in [0.5, 0.6) is 0 Å². The van der Waals surface area contributed by atoms with E-state index in [1.165, 1.54) is 29.0 Å². The van der Waals surface area contributed by atoms with Gasteiger partial charge in [0.1, 0.15) is 23.4 Å². The van der Waals surface area contributed by atoms with Gasteiger partial charge in [0.15, 0.2) is 0 Å². The summed E-state index contributed by atoms with van der Waals surface area (Å²) < 4.78 is 60.2. The van der Waals surface area contributed by atoms with Gasteiger partial charge < -0.3 is 9.73 Å². The van der Waals surface area contributed by atoms with Gasteiger partial charge in [-0.05, 0) is 54.6 Å². The SMILES string of the molecule is O=C(Cn1c2c(sc1=O)[C@@H](c1ccco1)[C@@H]1C(=O)N(c3cccc(C(F)(F)F)c3)C(=O)[C@@H]1S2)Nc1ccc(F)cc1. The highest BCUT2D eigenvalue weighted by molar-refractivity contribution is 8.00. The maximum atomic E-state index is 13.7. The highest BCUT2D eigenvalue weighted by Crippen LogP contribution is 2.54. The van der Waals surface area contributed by atoms with Crippen LogP contribution in [0.2, 0.25) is 0 Å². The van der Waals surface area contributed by atoms with Gasteiger partial charge in [-0.25, -0.2) is 9.29 Å². The maximum absolute atomic E-state index is 13.7. The minimum absolute atomic E-state index is 0.220. The summed E-state index contributed by atoms with van der Waals surface area (Å²) in [6, 6.07) is 12.2. The number of fused-ring (bicyclic) bond motifs is 2. The monoisotopic (exact) mass is 603 g/mol. The van der Waals surface area contributed by atoms with E-state index < -0.39 is 63.8 Å². The lowest BCUT2D eigenvalue weighted by molar-refractivity contribution is -0.137. The van der Waals surface area contributed by atoms with Gasteiger partial charge in [-0.3, -0.25) is 23.7 Å². The van der Waals surface area contributed by atoms with E-state index >= 15 is 0 Å². The van der Waals surface area contributed by atoms with Gasteiger partial charge in [-0.2, -0.15) is 13.2 Å². The largest absolute Gasteiger partial charge is 0.469 e. The van der Waals surface area contributed by atoms with E-state index in [-0.39, 0.29) is 16.5 Å². The number of nitrogens with one attached hydrogen (secondary N) is 1. The number of aromatic nitrogens is 1. The van der Waals surface area contributed by atoms with Crippen LogP contribution in [-0.2, 0) is 27.1 Å². The molecule has 210 valence electrons. The van der Waals surface area contributed by atoms with Gasteiger partial charge >= 0.3 is 11.0 Å². The Hall–Kier alpha value is -4.17. The second-order valence-electron chi connectivity index (χ2n) is 9.30. The summed E-state index contributed by atoms with van der Waals surface area (Å²) in [7, 11) is 0. The van der Waals surface area contributed by atoms with Crippen LogP contribution in [0.15, 0.2) is 81.2 Å². The van der Waals surface area contributed by atoms with Crippen molar-refractivity contribution < 1.29 is 36.4 Å². The first-order valence-corrected chi connectivity index (χ1v) is 13.8. The molecule has 3 atom stereocenters. The van der Waals surface area contributed by atoms with Crippen LogP contribution in [0.4, 0.5) is 28.9 Å². The van der Waals surface area contributed by atoms with Crippen molar-refractivity contribution >= 4 is 52.2 Å². The Labute approximate surface area is 236 Å². The highest BCUT2D eigenvalue weighted by atomic mass is 32.2. The van der Waals surface area contributed by atoms with Gasteiger partial charge in [-0.1, -0.05) is 29.2 Å². The zero-order valence-electron chi connectivity index (χ0n) is 20.6. The second kappa shape index (κ2) is 10.0. The van der Waals surface area contributed by atoms with Crippen molar-refractivity contribution in [1.82, 2.24) is 4.57 Å². The number of thiazole rings is 1. The number of alkyl halides is 3. The summed E-state index contributed by atoms with van der Waals surface area (Å²) in [5.41, 5.74) is -0.925. The topological polar surface area (TPSA) is 102 Å². The number of furan rings is 1. The number of carbonyl (C=O) groups is 3. The Balaban J connectivity index is 1.38. The number of hydrogen-bond acceptors (Lipinski definition) is 7. The van der Waals surface area contributed by atoms with Crippen molar-refractivity contribution in [2.75, 3.05) is 10.2 Å². The fraction of sp³-hybridized carbons (Fsp3) is 0.185. The van der Waals surface area contributed by atoms with E-state index in [0.29, 0.717) is 10.6 Å². The predicted octanol–water partition coefficient (Wildman–Crippen LogP) is 5.10. The van der Waals surface area contributed by atoms with Crippen LogP contribution in [-0.4, -0.2) is 27.5 Å². The lowest BCUT2D eigenvalue weighted by Crippen LogP contribution is -2.32. The average Bonchev–Trinajstić information content (AvgIpc) is 3.62. The molecule has 1 saturated heterocycles. The normalized spacial score (nSPS) is 20.2. The Kier molecular flexibility index (Phi) is 6.61. The van der Waals surface area contributed by atoms with Crippen molar-refractivity contribution in [1.29, 1.82) is 0 Å². The minimum Gasteiger partial charge on any atom is -0.469 e. The molecule has 3 amide bonds. The van der Waals surface area contributed by atoms with E-state index in [9.17, 15) is 36.7 Å². The molecular formula is C27H17F4N3O5S2. The first kappa shape index (κ1) is 27.0. The van der Waals surface area contributed by atoms with Crippen LogP contribution in [0.1, 0.15) is 22.1 Å². The number of anilines is 2.